The lowest BCUT2D eigenvalue weighted by atomic mass is 10.0. The smallest absolute Gasteiger partial charge is 0.227 e. The van der Waals surface area contributed by atoms with Gasteiger partial charge >= 0.3 is 0 Å². The van der Waals surface area contributed by atoms with Crippen molar-refractivity contribution < 1.29 is 14.0 Å². The van der Waals surface area contributed by atoms with E-state index >= 15 is 0 Å². The number of anilines is 1. The highest BCUT2D eigenvalue weighted by molar-refractivity contribution is 6.10. The van der Waals surface area contributed by atoms with E-state index in [-0.39, 0.29) is 30.1 Å². The first kappa shape index (κ1) is 16.1. The quantitative estimate of drug-likeness (QED) is 0.845. The molecule has 1 amide bonds. The first-order valence-corrected chi connectivity index (χ1v) is 7.84. The molecule has 24 heavy (non-hydrogen) atoms. The number of rotatable bonds is 3. The van der Waals surface area contributed by atoms with Gasteiger partial charge in [0.15, 0.2) is 5.78 Å². The molecule has 1 aliphatic heterocycles. The Morgan fingerprint density at radius 1 is 1.17 bits per heavy atom. The zero-order valence-corrected chi connectivity index (χ0v) is 13.5. The molecular formula is C20H18FNO2. The van der Waals surface area contributed by atoms with Crippen LogP contribution >= 0.6 is 0 Å². The predicted octanol–water partition coefficient (Wildman–Crippen LogP) is 4.29. The molecule has 0 aliphatic carbocycles. The zero-order valence-electron chi connectivity index (χ0n) is 13.5. The summed E-state index contributed by atoms with van der Waals surface area (Å²) < 4.78 is 13.5. The second-order valence-corrected chi connectivity index (χ2v) is 5.96. The highest BCUT2D eigenvalue weighted by Crippen LogP contribution is 2.29. The Kier molecular flexibility index (Phi) is 4.30. The molecule has 2 aromatic carbocycles. The molecule has 1 aliphatic rings. The van der Waals surface area contributed by atoms with Crippen LogP contribution in [0.4, 0.5) is 10.1 Å². The summed E-state index contributed by atoms with van der Waals surface area (Å²) >= 11 is 0. The molecule has 0 radical (unpaired) electrons. The van der Waals surface area contributed by atoms with E-state index in [0.29, 0.717) is 12.2 Å². The Hall–Kier alpha value is -2.75. The topological polar surface area (TPSA) is 37.4 Å². The number of hydrogen-bond donors (Lipinski definition) is 0. The minimum atomic E-state index is -0.472. The summed E-state index contributed by atoms with van der Waals surface area (Å²) in [5, 5.41) is 0. The van der Waals surface area contributed by atoms with Crippen molar-refractivity contribution in [2.45, 2.75) is 26.3 Å². The van der Waals surface area contributed by atoms with Crippen molar-refractivity contribution >= 4 is 23.5 Å². The third-order valence-electron chi connectivity index (χ3n) is 4.32. The average Bonchev–Trinajstić information content (AvgIpc) is 2.68. The van der Waals surface area contributed by atoms with Gasteiger partial charge in [-0.1, -0.05) is 24.8 Å². The molecule has 0 fully saturated rings. The Bertz CT molecular complexity index is 842. The lowest BCUT2D eigenvalue weighted by Gasteiger charge is -2.23. The first-order chi connectivity index (χ1) is 11.5. The predicted molar refractivity (Wildman–Crippen MR) is 92.4 cm³/mol. The number of carbonyl (C=O) groups excluding carboxylic acids is 2. The summed E-state index contributed by atoms with van der Waals surface area (Å²) in [7, 11) is 0. The molecule has 0 saturated heterocycles. The lowest BCUT2D eigenvalue weighted by Crippen LogP contribution is -2.29. The molecule has 3 rings (SSSR count). The van der Waals surface area contributed by atoms with Gasteiger partial charge in [0.05, 0.1) is 12.2 Å². The Morgan fingerprint density at radius 3 is 2.71 bits per heavy atom. The fourth-order valence-corrected chi connectivity index (χ4v) is 2.96. The molecule has 2 aromatic rings. The van der Waals surface area contributed by atoms with Gasteiger partial charge < -0.3 is 4.90 Å². The van der Waals surface area contributed by atoms with Crippen LogP contribution in [0.25, 0.3) is 6.08 Å². The van der Waals surface area contributed by atoms with Gasteiger partial charge in [0.2, 0.25) is 5.91 Å². The van der Waals surface area contributed by atoms with Gasteiger partial charge in [0, 0.05) is 18.4 Å². The molecule has 0 unspecified atom stereocenters. The van der Waals surface area contributed by atoms with Crippen LogP contribution in [0.3, 0.4) is 0 Å². The molecule has 0 aromatic heterocycles. The molecular weight excluding hydrogens is 305 g/mol. The number of halogens is 1. The third-order valence-corrected chi connectivity index (χ3v) is 4.32. The standard InChI is InChI=1S/C20H18FNO2/c1-3-15-10-14(5-4-13(15)2)12-22-18-7-6-16(21)11-17(18)19(23)8-9-20(22)24/h3-7,10-11H,1,8-9,12H2,2H3. The maximum atomic E-state index is 13.5. The molecule has 3 nitrogen and oxygen atoms in total. The van der Waals surface area contributed by atoms with E-state index in [4.69, 9.17) is 0 Å². The maximum absolute atomic E-state index is 13.5. The number of amides is 1. The van der Waals surface area contributed by atoms with Gasteiger partial charge in [-0.25, -0.2) is 4.39 Å². The number of benzene rings is 2. The van der Waals surface area contributed by atoms with E-state index < -0.39 is 5.82 Å². The monoisotopic (exact) mass is 323 g/mol. The van der Waals surface area contributed by atoms with Crippen LogP contribution in [0.5, 0.6) is 0 Å². The highest BCUT2D eigenvalue weighted by Gasteiger charge is 2.27. The van der Waals surface area contributed by atoms with Crippen molar-refractivity contribution in [1.82, 2.24) is 0 Å². The van der Waals surface area contributed by atoms with E-state index in [1.54, 1.807) is 11.0 Å². The molecule has 122 valence electrons. The van der Waals surface area contributed by atoms with Gasteiger partial charge in [-0.2, -0.15) is 0 Å². The number of Topliss-reactive ketones (excluding diaryl/α,β-unsaturated/α-hetero) is 1. The van der Waals surface area contributed by atoms with E-state index in [0.717, 1.165) is 16.7 Å². The molecule has 0 atom stereocenters. The van der Waals surface area contributed by atoms with E-state index in [9.17, 15) is 14.0 Å². The van der Waals surface area contributed by atoms with Crippen LogP contribution in [0.1, 0.15) is 39.9 Å². The maximum Gasteiger partial charge on any atom is 0.227 e. The molecule has 1 heterocycles. The zero-order chi connectivity index (χ0) is 17.3. The molecule has 4 heteroatoms. The largest absolute Gasteiger partial charge is 0.307 e. The summed E-state index contributed by atoms with van der Waals surface area (Å²) in [6, 6.07) is 9.91. The molecule has 0 saturated carbocycles. The third kappa shape index (κ3) is 3.00. The number of hydrogen-bond acceptors (Lipinski definition) is 2. The summed E-state index contributed by atoms with van der Waals surface area (Å²) in [6.07, 6.45) is 2.02. The second kappa shape index (κ2) is 6.40. The molecule has 0 spiro atoms. The minimum absolute atomic E-state index is 0.109. The van der Waals surface area contributed by atoms with Gasteiger partial charge in [0.25, 0.3) is 0 Å². The Morgan fingerprint density at radius 2 is 1.96 bits per heavy atom. The van der Waals surface area contributed by atoms with Crippen LogP contribution in [0.15, 0.2) is 43.0 Å². The lowest BCUT2D eigenvalue weighted by molar-refractivity contribution is -0.118. The normalized spacial score (nSPS) is 14.3. The average molecular weight is 323 g/mol. The number of nitrogens with zero attached hydrogens (tertiary/aromatic N) is 1. The SMILES string of the molecule is C=Cc1cc(CN2C(=O)CCC(=O)c3cc(F)ccc32)ccc1C. The second-order valence-electron chi connectivity index (χ2n) is 5.96. The van der Waals surface area contributed by atoms with Crippen LogP contribution in [0.2, 0.25) is 0 Å². The van der Waals surface area contributed by atoms with Gasteiger partial charge in [-0.3, -0.25) is 9.59 Å². The van der Waals surface area contributed by atoms with Crippen LogP contribution in [-0.4, -0.2) is 11.7 Å². The molecule has 0 N–H and O–H groups in total. The van der Waals surface area contributed by atoms with Gasteiger partial charge in [-0.05, 0) is 47.9 Å². The fourth-order valence-electron chi connectivity index (χ4n) is 2.96. The van der Waals surface area contributed by atoms with Crippen molar-refractivity contribution in [3.63, 3.8) is 0 Å². The van der Waals surface area contributed by atoms with E-state index in [2.05, 4.69) is 6.58 Å². The van der Waals surface area contributed by atoms with Crippen LogP contribution in [0, 0.1) is 12.7 Å². The fraction of sp³-hybridized carbons (Fsp3) is 0.200. The van der Waals surface area contributed by atoms with E-state index in [1.807, 2.05) is 25.1 Å². The first-order valence-electron chi connectivity index (χ1n) is 7.84. The Labute approximate surface area is 140 Å². The van der Waals surface area contributed by atoms with Crippen molar-refractivity contribution in [3.8, 4) is 0 Å². The number of ketones is 1. The van der Waals surface area contributed by atoms with Gasteiger partial charge in [-0.15, -0.1) is 0 Å². The molecule has 0 bridgehead atoms. The van der Waals surface area contributed by atoms with Crippen molar-refractivity contribution in [2.24, 2.45) is 0 Å². The van der Waals surface area contributed by atoms with Crippen molar-refractivity contribution in [1.29, 1.82) is 0 Å². The van der Waals surface area contributed by atoms with Gasteiger partial charge in [0.1, 0.15) is 5.82 Å². The summed E-state index contributed by atoms with van der Waals surface area (Å²) in [4.78, 5) is 26.2. The summed E-state index contributed by atoms with van der Waals surface area (Å²) in [5.41, 5.74) is 3.80. The van der Waals surface area contributed by atoms with Crippen molar-refractivity contribution in [2.75, 3.05) is 4.90 Å². The Balaban J connectivity index is 2.03. The van der Waals surface area contributed by atoms with Crippen LogP contribution < -0.4 is 4.90 Å². The minimum Gasteiger partial charge on any atom is -0.307 e. The highest BCUT2D eigenvalue weighted by atomic mass is 19.1. The summed E-state index contributed by atoms with van der Waals surface area (Å²) in [5.74, 6) is -0.800. The van der Waals surface area contributed by atoms with E-state index in [1.165, 1.54) is 18.2 Å². The number of aryl methyl sites for hydroxylation is 1. The number of carbonyl (C=O) groups is 2. The van der Waals surface area contributed by atoms with Crippen LogP contribution in [-0.2, 0) is 11.3 Å². The number of fused-ring (bicyclic) bond motifs is 1. The summed E-state index contributed by atoms with van der Waals surface area (Å²) in [6.45, 7) is 6.13. The van der Waals surface area contributed by atoms with Crippen molar-refractivity contribution in [3.05, 3.63) is 71.0 Å².